The molecule has 0 spiro atoms. The SMILES string of the molecule is N#Cc1sccc1/C=C1\CCCCC1=O. The van der Waals surface area contributed by atoms with E-state index < -0.39 is 0 Å². The number of thiophene rings is 1. The van der Waals surface area contributed by atoms with Gasteiger partial charge in [0.2, 0.25) is 0 Å². The Morgan fingerprint density at radius 1 is 1.40 bits per heavy atom. The molecular weight excluding hydrogens is 206 g/mol. The molecule has 1 heterocycles. The van der Waals surface area contributed by atoms with Crippen LogP contribution in [0.2, 0.25) is 0 Å². The van der Waals surface area contributed by atoms with Crippen LogP contribution in [0.1, 0.15) is 36.1 Å². The van der Waals surface area contributed by atoms with Gasteiger partial charge in [0, 0.05) is 12.0 Å². The molecule has 2 nitrogen and oxygen atoms in total. The third-order valence-electron chi connectivity index (χ3n) is 2.59. The highest BCUT2D eigenvalue weighted by molar-refractivity contribution is 7.10. The Labute approximate surface area is 92.8 Å². The Morgan fingerprint density at radius 2 is 2.20 bits per heavy atom. The minimum absolute atomic E-state index is 0.247. The van der Waals surface area contributed by atoms with Crippen LogP contribution >= 0.6 is 11.3 Å². The van der Waals surface area contributed by atoms with E-state index in [1.54, 1.807) is 0 Å². The zero-order valence-corrected chi connectivity index (χ0v) is 9.14. The largest absolute Gasteiger partial charge is 0.295 e. The van der Waals surface area contributed by atoms with Crippen molar-refractivity contribution in [2.45, 2.75) is 25.7 Å². The fourth-order valence-corrected chi connectivity index (χ4v) is 2.43. The van der Waals surface area contributed by atoms with E-state index in [1.807, 2.05) is 17.5 Å². The van der Waals surface area contributed by atoms with Crippen molar-refractivity contribution >= 4 is 23.2 Å². The highest BCUT2D eigenvalue weighted by Crippen LogP contribution is 2.25. The number of rotatable bonds is 1. The smallest absolute Gasteiger partial charge is 0.158 e. The van der Waals surface area contributed by atoms with Crippen LogP contribution in [0.5, 0.6) is 0 Å². The molecule has 0 radical (unpaired) electrons. The van der Waals surface area contributed by atoms with Crippen molar-refractivity contribution in [3.8, 4) is 6.07 Å². The van der Waals surface area contributed by atoms with Crippen LogP contribution in [0.25, 0.3) is 6.08 Å². The van der Waals surface area contributed by atoms with E-state index in [9.17, 15) is 4.79 Å². The normalized spacial score (nSPS) is 19.1. The fraction of sp³-hybridized carbons (Fsp3) is 0.333. The number of nitrogens with zero attached hydrogens (tertiary/aromatic N) is 1. The van der Waals surface area contributed by atoms with Crippen LogP contribution in [-0.2, 0) is 4.79 Å². The van der Waals surface area contributed by atoms with Crippen LogP contribution in [0, 0.1) is 11.3 Å². The molecule has 0 aliphatic heterocycles. The van der Waals surface area contributed by atoms with Crippen LogP contribution in [0.15, 0.2) is 17.0 Å². The van der Waals surface area contributed by atoms with Crippen LogP contribution in [0.3, 0.4) is 0 Å². The number of hydrogen-bond donors (Lipinski definition) is 0. The minimum Gasteiger partial charge on any atom is -0.295 e. The first-order chi connectivity index (χ1) is 7.31. The van der Waals surface area contributed by atoms with Crippen molar-refractivity contribution in [1.29, 1.82) is 5.26 Å². The summed E-state index contributed by atoms with van der Waals surface area (Å²) in [5, 5.41) is 10.7. The molecule has 1 aliphatic carbocycles. The number of hydrogen-bond acceptors (Lipinski definition) is 3. The van der Waals surface area contributed by atoms with Crippen molar-refractivity contribution in [3.63, 3.8) is 0 Å². The Bertz CT molecular complexity index is 450. The standard InChI is InChI=1S/C12H11NOS/c13-8-12-10(5-6-15-12)7-9-3-1-2-4-11(9)14/h5-7H,1-4H2/b9-7+. The molecule has 1 aromatic rings. The number of ketones is 1. The predicted octanol–water partition coefficient (Wildman–Crippen LogP) is 3.15. The lowest BCUT2D eigenvalue weighted by molar-refractivity contribution is -0.116. The van der Waals surface area contributed by atoms with Crippen molar-refractivity contribution < 1.29 is 4.79 Å². The summed E-state index contributed by atoms with van der Waals surface area (Å²) in [5.41, 5.74) is 1.78. The topological polar surface area (TPSA) is 40.9 Å². The molecular formula is C12H11NOS. The zero-order valence-electron chi connectivity index (χ0n) is 8.32. The first-order valence-electron chi connectivity index (χ1n) is 5.02. The van der Waals surface area contributed by atoms with Crippen LogP contribution in [0.4, 0.5) is 0 Å². The Kier molecular flexibility index (Phi) is 2.98. The first kappa shape index (κ1) is 10.1. The maximum absolute atomic E-state index is 11.6. The lowest BCUT2D eigenvalue weighted by atomic mass is 9.92. The van der Waals surface area contributed by atoms with E-state index in [-0.39, 0.29) is 5.78 Å². The number of carbonyl (C=O) groups excluding carboxylic acids is 1. The van der Waals surface area contributed by atoms with E-state index >= 15 is 0 Å². The van der Waals surface area contributed by atoms with E-state index in [0.717, 1.165) is 30.4 Å². The van der Waals surface area contributed by atoms with Gasteiger partial charge in [-0.1, -0.05) is 0 Å². The third-order valence-corrected chi connectivity index (χ3v) is 3.42. The molecule has 2 rings (SSSR count). The van der Waals surface area contributed by atoms with Crippen molar-refractivity contribution in [2.24, 2.45) is 0 Å². The number of Topliss-reactive ketones (excluding diaryl/α,β-unsaturated/α-hetero) is 1. The molecule has 76 valence electrons. The maximum atomic E-state index is 11.6. The molecule has 1 aromatic heterocycles. The summed E-state index contributed by atoms with van der Waals surface area (Å²) in [5.74, 6) is 0.247. The quantitative estimate of drug-likeness (QED) is 0.678. The summed E-state index contributed by atoms with van der Waals surface area (Å²) < 4.78 is 0. The van der Waals surface area contributed by atoms with Gasteiger partial charge in [-0.3, -0.25) is 4.79 Å². The second kappa shape index (κ2) is 4.41. The second-order valence-electron chi connectivity index (χ2n) is 3.62. The van der Waals surface area contributed by atoms with Gasteiger partial charge in [0.15, 0.2) is 5.78 Å². The third kappa shape index (κ3) is 2.16. The minimum atomic E-state index is 0.247. The van der Waals surface area contributed by atoms with Gasteiger partial charge in [0.1, 0.15) is 10.9 Å². The van der Waals surface area contributed by atoms with Crippen molar-refractivity contribution in [2.75, 3.05) is 0 Å². The molecule has 0 atom stereocenters. The van der Waals surface area contributed by atoms with E-state index in [2.05, 4.69) is 6.07 Å². The Balaban J connectivity index is 2.29. The van der Waals surface area contributed by atoms with Crippen molar-refractivity contribution in [3.05, 3.63) is 27.5 Å². The van der Waals surface area contributed by atoms with Gasteiger partial charge in [-0.2, -0.15) is 5.26 Å². The summed E-state index contributed by atoms with van der Waals surface area (Å²) in [6.07, 6.45) is 5.50. The molecule has 3 heteroatoms. The molecule has 0 aromatic carbocycles. The molecule has 1 aliphatic rings. The summed E-state index contributed by atoms with van der Waals surface area (Å²) in [7, 11) is 0. The summed E-state index contributed by atoms with van der Waals surface area (Å²) in [6, 6.07) is 4.04. The van der Waals surface area contributed by atoms with E-state index in [1.165, 1.54) is 11.3 Å². The van der Waals surface area contributed by atoms with Crippen molar-refractivity contribution in [1.82, 2.24) is 0 Å². The average Bonchev–Trinajstić information content (AvgIpc) is 2.69. The lowest BCUT2D eigenvalue weighted by Crippen LogP contribution is -2.07. The molecule has 1 fully saturated rings. The molecule has 0 unspecified atom stereocenters. The molecule has 0 N–H and O–H groups in total. The van der Waals surface area contributed by atoms with Gasteiger partial charge in [0.25, 0.3) is 0 Å². The van der Waals surface area contributed by atoms with Crippen LogP contribution < -0.4 is 0 Å². The molecule has 1 saturated carbocycles. The highest BCUT2D eigenvalue weighted by atomic mass is 32.1. The highest BCUT2D eigenvalue weighted by Gasteiger charge is 2.15. The van der Waals surface area contributed by atoms with Gasteiger partial charge >= 0.3 is 0 Å². The Morgan fingerprint density at radius 3 is 2.93 bits per heavy atom. The predicted molar refractivity (Wildman–Crippen MR) is 60.5 cm³/mol. The number of nitriles is 1. The number of allylic oxidation sites excluding steroid dienone is 1. The Hall–Kier alpha value is -1.40. The maximum Gasteiger partial charge on any atom is 0.158 e. The first-order valence-corrected chi connectivity index (χ1v) is 5.90. The summed E-state index contributed by atoms with van der Waals surface area (Å²) >= 11 is 1.42. The van der Waals surface area contributed by atoms with E-state index in [0.29, 0.717) is 11.3 Å². The molecule has 0 bridgehead atoms. The van der Waals surface area contributed by atoms with Crippen LogP contribution in [-0.4, -0.2) is 5.78 Å². The fourth-order valence-electron chi connectivity index (χ4n) is 1.77. The lowest BCUT2D eigenvalue weighted by Gasteiger charge is -2.11. The molecule has 0 amide bonds. The second-order valence-corrected chi connectivity index (χ2v) is 4.53. The van der Waals surface area contributed by atoms with Gasteiger partial charge in [-0.15, -0.1) is 11.3 Å². The number of carbonyl (C=O) groups is 1. The average molecular weight is 217 g/mol. The summed E-state index contributed by atoms with van der Waals surface area (Å²) in [6.45, 7) is 0. The molecule has 15 heavy (non-hydrogen) atoms. The van der Waals surface area contributed by atoms with Gasteiger partial charge in [-0.25, -0.2) is 0 Å². The zero-order chi connectivity index (χ0) is 10.7. The summed E-state index contributed by atoms with van der Waals surface area (Å²) in [4.78, 5) is 12.3. The van der Waals surface area contributed by atoms with E-state index in [4.69, 9.17) is 5.26 Å². The van der Waals surface area contributed by atoms with Gasteiger partial charge < -0.3 is 0 Å². The molecule has 0 saturated heterocycles. The monoisotopic (exact) mass is 217 g/mol. The van der Waals surface area contributed by atoms with Gasteiger partial charge in [0.05, 0.1) is 0 Å². The van der Waals surface area contributed by atoms with Gasteiger partial charge in [-0.05, 0) is 42.4 Å².